The molecule has 1 saturated carbocycles. The Kier molecular flexibility index (Phi) is 1.92. The first-order valence-electron chi connectivity index (χ1n) is 3.52. The molecule has 0 N–H and O–H groups in total. The molecule has 1 fully saturated rings. The van der Waals surface area contributed by atoms with E-state index in [4.69, 9.17) is 0 Å². The first-order chi connectivity index (χ1) is 5.26. The van der Waals surface area contributed by atoms with Crippen molar-refractivity contribution in [3.63, 3.8) is 0 Å². The van der Waals surface area contributed by atoms with Gasteiger partial charge in [0.2, 0.25) is 0 Å². The molecule has 70 valence electrons. The molecule has 0 aliphatic heterocycles. The maximum absolute atomic E-state index is 12.1. The smallest absolute Gasteiger partial charge is 0.261 e. The summed E-state index contributed by atoms with van der Waals surface area (Å²) < 4.78 is 48.1. The zero-order valence-corrected chi connectivity index (χ0v) is 6.41. The second-order valence-corrected chi connectivity index (χ2v) is 3.47. The van der Waals surface area contributed by atoms with Gasteiger partial charge in [-0.05, 0) is 12.8 Å². The summed E-state index contributed by atoms with van der Waals surface area (Å²) in [6, 6.07) is -1.63. The molecule has 0 heterocycles. The van der Waals surface area contributed by atoms with Crippen LogP contribution in [0.3, 0.4) is 0 Å². The highest BCUT2D eigenvalue weighted by Gasteiger charge is 2.60. The summed E-state index contributed by atoms with van der Waals surface area (Å²) in [6.45, 7) is 1.01. The highest BCUT2D eigenvalue weighted by Crippen LogP contribution is 2.55. The lowest BCUT2D eigenvalue weighted by molar-refractivity contribution is -0.254. The van der Waals surface area contributed by atoms with Crippen molar-refractivity contribution in [1.29, 1.82) is 0 Å². The molecule has 12 heavy (non-hydrogen) atoms. The van der Waals surface area contributed by atoms with Crippen molar-refractivity contribution in [3.8, 4) is 0 Å². The molecule has 0 atom stereocenters. The molecule has 0 amide bonds. The van der Waals surface area contributed by atoms with E-state index in [9.17, 15) is 22.4 Å². The Balaban J connectivity index is 2.57. The predicted octanol–water partition coefficient (Wildman–Crippen LogP) is 2.46. The van der Waals surface area contributed by atoms with Crippen LogP contribution in [-0.4, -0.2) is 12.2 Å². The molecule has 1 rings (SSSR count). The minimum Gasteiger partial charge on any atom is -0.261 e. The number of alkyl halides is 3. The van der Waals surface area contributed by atoms with Crippen molar-refractivity contribution < 1.29 is 22.4 Å². The Hall–Kier alpha value is -0.610. The molecule has 1 nitrogen and oxygen atoms in total. The van der Waals surface area contributed by atoms with Gasteiger partial charge in [-0.1, -0.05) is 6.92 Å². The highest BCUT2D eigenvalue weighted by molar-refractivity contribution is 5.72. The molecule has 5 heteroatoms. The molecule has 1 aliphatic carbocycles. The van der Waals surface area contributed by atoms with Gasteiger partial charge in [-0.3, -0.25) is 4.79 Å². The van der Waals surface area contributed by atoms with Gasteiger partial charge in [-0.15, -0.1) is 0 Å². The van der Waals surface area contributed by atoms with Crippen LogP contribution in [0.15, 0.2) is 0 Å². The number of rotatable bonds is 1. The summed E-state index contributed by atoms with van der Waals surface area (Å²) in [4.78, 5) is 10.0. The topological polar surface area (TPSA) is 17.1 Å². The van der Waals surface area contributed by atoms with Crippen molar-refractivity contribution in [3.05, 3.63) is 0 Å². The summed E-state index contributed by atoms with van der Waals surface area (Å²) >= 11 is 0. The van der Waals surface area contributed by atoms with Crippen LogP contribution in [0.5, 0.6) is 0 Å². The lowest BCUT2D eigenvalue weighted by Crippen LogP contribution is -2.48. The van der Waals surface area contributed by atoms with Gasteiger partial charge in [0.1, 0.15) is 0 Å². The van der Waals surface area contributed by atoms with Gasteiger partial charge in [0.05, 0.1) is 11.3 Å². The molecule has 0 spiro atoms. The minimum atomic E-state index is -4.32. The molecular weight excluding hydrogens is 176 g/mol. The largest absolute Gasteiger partial charge is 0.394 e. The normalized spacial score (nSPS) is 35.9. The van der Waals surface area contributed by atoms with E-state index in [0.29, 0.717) is 0 Å². The highest BCUT2D eigenvalue weighted by atomic mass is 19.4. The average Bonchev–Trinajstić information content (AvgIpc) is 1.77. The number of halogens is 4. The summed E-state index contributed by atoms with van der Waals surface area (Å²) in [5.41, 5.74) is -1.85. The first-order valence-corrected chi connectivity index (χ1v) is 3.52. The van der Waals surface area contributed by atoms with Crippen LogP contribution < -0.4 is 0 Å². The molecular formula is C7H8F4O. The van der Waals surface area contributed by atoms with Crippen LogP contribution in [0.25, 0.3) is 0 Å². The van der Waals surface area contributed by atoms with Crippen LogP contribution >= 0.6 is 0 Å². The van der Waals surface area contributed by atoms with E-state index >= 15 is 0 Å². The summed E-state index contributed by atoms with van der Waals surface area (Å²) in [5.74, 6) is -1.03. The van der Waals surface area contributed by atoms with Crippen LogP contribution in [-0.2, 0) is 4.79 Å². The SMILES string of the molecule is CC1(C(F)(F)F)CC(C(=O)F)C1. The van der Waals surface area contributed by atoms with Crippen molar-refractivity contribution in [2.45, 2.75) is 25.9 Å². The predicted molar refractivity (Wildman–Crippen MR) is 33.0 cm³/mol. The Morgan fingerprint density at radius 3 is 2.08 bits per heavy atom. The summed E-state index contributed by atoms with van der Waals surface area (Å²) in [7, 11) is 0. The Labute approximate surface area is 66.7 Å². The third-order valence-corrected chi connectivity index (χ3v) is 2.40. The number of hydrogen-bond donors (Lipinski definition) is 0. The second kappa shape index (κ2) is 2.44. The minimum absolute atomic E-state index is 0.411. The Bertz CT molecular complexity index is 202. The fraction of sp³-hybridized carbons (Fsp3) is 0.857. The zero-order valence-electron chi connectivity index (χ0n) is 6.41. The maximum Gasteiger partial charge on any atom is 0.394 e. The Morgan fingerprint density at radius 1 is 1.42 bits per heavy atom. The van der Waals surface area contributed by atoms with E-state index in [1.807, 2.05) is 0 Å². The van der Waals surface area contributed by atoms with Crippen LogP contribution in [0, 0.1) is 11.3 Å². The molecule has 0 bridgehead atoms. The van der Waals surface area contributed by atoms with Crippen molar-refractivity contribution in [2.24, 2.45) is 11.3 Å². The first kappa shape index (κ1) is 9.48. The number of carbonyl (C=O) groups excluding carboxylic acids is 1. The monoisotopic (exact) mass is 184 g/mol. The molecule has 0 saturated heterocycles. The van der Waals surface area contributed by atoms with Crippen LogP contribution in [0.1, 0.15) is 19.8 Å². The third-order valence-electron chi connectivity index (χ3n) is 2.40. The lowest BCUT2D eigenvalue weighted by atomic mass is 9.63. The van der Waals surface area contributed by atoms with E-state index in [-0.39, 0.29) is 0 Å². The lowest BCUT2D eigenvalue weighted by Gasteiger charge is -2.43. The van der Waals surface area contributed by atoms with Gasteiger partial charge in [0.15, 0.2) is 0 Å². The van der Waals surface area contributed by atoms with Crippen molar-refractivity contribution in [2.75, 3.05) is 0 Å². The maximum atomic E-state index is 12.1. The van der Waals surface area contributed by atoms with Crippen LogP contribution in [0.2, 0.25) is 0 Å². The molecule has 0 aromatic rings. The van der Waals surface area contributed by atoms with Crippen LogP contribution in [0.4, 0.5) is 17.6 Å². The average molecular weight is 184 g/mol. The van der Waals surface area contributed by atoms with Gasteiger partial charge >= 0.3 is 12.2 Å². The van der Waals surface area contributed by atoms with Gasteiger partial charge in [-0.2, -0.15) is 17.6 Å². The molecule has 0 unspecified atom stereocenters. The van der Waals surface area contributed by atoms with E-state index in [1.165, 1.54) is 0 Å². The molecule has 1 aliphatic rings. The quantitative estimate of drug-likeness (QED) is 0.452. The van der Waals surface area contributed by atoms with Gasteiger partial charge in [0, 0.05) is 0 Å². The van der Waals surface area contributed by atoms with E-state index in [0.717, 1.165) is 6.92 Å². The number of carbonyl (C=O) groups is 1. The number of hydrogen-bond acceptors (Lipinski definition) is 1. The standard InChI is InChI=1S/C7H8F4O/c1-6(7(9,10)11)2-4(3-6)5(8)12/h4H,2-3H2,1H3. The van der Waals surface area contributed by atoms with E-state index < -0.39 is 36.4 Å². The fourth-order valence-corrected chi connectivity index (χ4v) is 1.42. The molecule has 0 aromatic carbocycles. The molecule has 0 aromatic heterocycles. The van der Waals surface area contributed by atoms with Crippen molar-refractivity contribution >= 4 is 6.04 Å². The van der Waals surface area contributed by atoms with Gasteiger partial charge in [0.25, 0.3) is 0 Å². The fourth-order valence-electron chi connectivity index (χ4n) is 1.42. The summed E-state index contributed by atoms with van der Waals surface area (Å²) in [6.07, 6.45) is -5.14. The van der Waals surface area contributed by atoms with Crippen molar-refractivity contribution in [1.82, 2.24) is 0 Å². The summed E-state index contributed by atoms with van der Waals surface area (Å²) in [5, 5.41) is 0. The van der Waals surface area contributed by atoms with E-state index in [1.54, 1.807) is 0 Å². The second-order valence-electron chi connectivity index (χ2n) is 3.47. The molecule has 0 radical (unpaired) electrons. The zero-order chi connectivity index (χ0) is 9.57. The van der Waals surface area contributed by atoms with E-state index in [2.05, 4.69) is 0 Å². The van der Waals surface area contributed by atoms with Gasteiger partial charge in [-0.25, -0.2) is 0 Å². The Morgan fingerprint density at radius 2 is 1.83 bits per heavy atom. The third kappa shape index (κ3) is 1.32. The van der Waals surface area contributed by atoms with Gasteiger partial charge < -0.3 is 0 Å².